The number of pyridine rings is 1. The maximum Gasteiger partial charge on any atom is 0.337 e. The molecule has 7 heteroatoms. The SMILES string of the molecule is CC(C)n1cc(Oc2ncc(C(=O)O)cc2N)cn1. The maximum absolute atomic E-state index is 10.8. The van der Waals surface area contributed by atoms with Crippen LogP contribution in [0.1, 0.15) is 30.2 Å². The van der Waals surface area contributed by atoms with Gasteiger partial charge < -0.3 is 15.6 Å². The fourth-order valence-electron chi connectivity index (χ4n) is 1.44. The summed E-state index contributed by atoms with van der Waals surface area (Å²) in [4.78, 5) is 14.6. The standard InChI is InChI=1S/C12H14N4O3/c1-7(2)16-6-9(5-15-16)19-11-10(13)3-8(4-14-11)12(17)18/h3-7H,13H2,1-2H3,(H,17,18). The molecule has 0 spiro atoms. The van der Waals surface area contributed by atoms with Crippen LogP contribution in [0.5, 0.6) is 11.6 Å². The first-order valence-corrected chi connectivity index (χ1v) is 5.68. The monoisotopic (exact) mass is 262 g/mol. The van der Waals surface area contributed by atoms with Crippen LogP contribution in [-0.4, -0.2) is 25.8 Å². The second-order valence-corrected chi connectivity index (χ2v) is 4.28. The highest BCUT2D eigenvalue weighted by molar-refractivity contribution is 5.88. The minimum absolute atomic E-state index is 0.0164. The molecule has 100 valence electrons. The van der Waals surface area contributed by atoms with Gasteiger partial charge in [-0.2, -0.15) is 5.10 Å². The van der Waals surface area contributed by atoms with Crippen LogP contribution in [0.25, 0.3) is 0 Å². The third kappa shape index (κ3) is 2.82. The first-order chi connectivity index (χ1) is 8.97. The van der Waals surface area contributed by atoms with E-state index < -0.39 is 5.97 Å². The molecule has 0 aliphatic heterocycles. The van der Waals surface area contributed by atoms with Gasteiger partial charge in [0.2, 0.25) is 5.88 Å². The van der Waals surface area contributed by atoms with E-state index in [4.69, 9.17) is 15.6 Å². The Morgan fingerprint density at radius 3 is 2.74 bits per heavy atom. The van der Waals surface area contributed by atoms with Crippen LogP contribution < -0.4 is 10.5 Å². The number of hydrogen-bond acceptors (Lipinski definition) is 5. The van der Waals surface area contributed by atoms with Crippen LogP contribution in [0, 0.1) is 0 Å². The van der Waals surface area contributed by atoms with Crippen molar-refractivity contribution in [2.45, 2.75) is 19.9 Å². The molecule has 2 aromatic rings. The molecule has 0 atom stereocenters. The van der Waals surface area contributed by atoms with Crippen molar-refractivity contribution < 1.29 is 14.6 Å². The van der Waals surface area contributed by atoms with Crippen molar-refractivity contribution in [1.29, 1.82) is 0 Å². The van der Waals surface area contributed by atoms with Gasteiger partial charge in [0, 0.05) is 12.2 Å². The number of aromatic nitrogens is 3. The van der Waals surface area contributed by atoms with Crippen molar-refractivity contribution in [3.63, 3.8) is 0 Å². The molecule has 7 nitrogen and oxygen atoms in total. The molecule has 0 aliphatic carbocycles. The Labute approximate surface area is 109 Å². The van der Waals surface area contributed by atoms with E-state index in [9.17, 15) is 4.79 Å². The highest BCUT2D eigenvalue weighted by Crippen LogP contribution is 2.25. The van der Waals surface area contributed by atoms with Gasteiger partial charge in [0.05, 0.1) is 23.6 Å². The van der Waals surface area contributed by atoms with Crippen LogP contribution in [-0.2, 0) is 0 Å². The van der Waals surface area contributed by atoms with Gasteiger partial charge in [0.25, 0.3) is 0 Å². The lowest BCUT2D eigenvalue weighted by Gasteiger charge is -2.06. The van der Waals surface area contributed by atoms with Crippen molar-refractivity contribution in [3.05, 3.63) is 30.2 Å². The molecule has 0 bridgehead atoms. The van der Waals surface area contributed by atoms with Crippen LogP contribution in [0.2, 0.25) is 0 Å². The topological polar surface area (TPSA) is 103 Å². The number of anilines is 1. The summed E-state index contributed by atoms with van der Waals surface area (Å²) in [5.74, 6) is -0.428. The summed E-state index contributed by atoms with van der Waals surface area (Å²) in [7, 11) is 0. The summed E-state index contributed by atoms with van der Waals surface area (Å²) in [6.45, 7) is 3.98. The number of nitrogen functional groups attached to an aromatic ring is 1. The fraction of sp³-hybridized carbons (Fsp3) is 0.250. The molecular formula is C12H14N4O3. The summed E-state index contributed by atoms with van der Waals surface area (Å²) < 4.78 is 7.20. The number of aromatic carboxylic acids is 1. The Morgan fingerprint density at radius 1 is 1.47 bits per heavy atom. The summed E-state index contributed by atoms with van der Waals surface area (Å²) in [6.07, 6.45) is 4.46. The van der Waals surface area contributed by atoms with E-state index in [1.165, 1.54) is 12.3 Å². The van der Waals surface area contributed by atoms with Gasteiger partial charge in [0.15, 0.2) is 5.75 Å². The van der Waals surface area contributed by atoms with E-state index in [0.717, 1.165) is 0 Å². The Bertz CT molecular complexity index is 607. The molecule has 3 N–H and O–H groups in total. The van der Waals surface area contributed by atoms with Gasteiger partial charge in [0.1, 0.15) is 0 Å². The number of carboxylic acids is 1. The highest BCUT2D eigenvalue weighted by Gasteiger charge is 2.11. The smallest absolute Gasteiger partial charge is 0.337 e. The van der Waals surface area contributed by atoms with Gasteiger partial charge in [-0.15, -0.1) is 0 Å². The third-order valence-corrected chi connectivity index (χ3v) is 2.45. The Balaban J connectivity index is 2.20. The molecule has 0 saturated carbocycles. The van der Waals surface area contributed by atoms with E-state index in [1.54, 1.807) is 17.1 Å². The van der Waals surface area contributed by atoms with E-state index in [0.29, 0.717) is 5.75 Å². The first-order valence-electron chi connectivity index (χ1n) is 5.68. The predicted molar refractivity (Wildman–Crippen MR) is 68.3 cm³/mol. The molecule has 19 heavy (non-hydrogen) atoms. The average molecular weight is 262 g/mol. The predicted octanol–water partition coefficient (Wildman–Crippen LogP) is 1.93. The molecule has 0 unspecified atom stereocenters. The molecule has 2 heterocycles. The van der Waals surface area contributed by atoms with Crippen LogP contribution in [0.4, 0.5) is 5.69 Å². The van der Waals surface area contributed by atoms with Crippen LogP contribution in [0.15, 0.2) is 24.7 Å². The molecule has 2 aromatic heterocycles. The lowest BCUT2D eigenvalue weighted by atomic mass is 10.2. The molecule has 0 aromatic carbocycles. The second-order valence-electron chi connectivity index (χ2n) is 4.28. The number of rotatable bonds is 4. The van der Waals surface area contributed by atoms with Crippen molar-refractivity contribution >= 4 is 11.7 Å². The molecule has 0 saturated heterocycles. The van der Waals surface area contributed by atoms with Crippen molar-refractivity contribution in [2.24, 2.45) is 0 Å². The lowest BCUT2D eigenvalue weighted by Crippen LogP contribution is -2.02. The Morgan fingerprint density at radius 2 is 2.21 bits per heavy atom. The number of nitrogens with zero attached hydrogens (tertiary/aromatic N) is 3. The van der Waals surface area contributed by atoms with Crippen molar-refractivity contribution in [3.8, 4) is 11.6 Å². The van der Waals surface area contributed by atoms with E-state index in [-0.39, 0.29) is 23.2 Å². The number of nitrogens with two attached hydrogens (primary N) is 1. The van der Waals surface area contributed by atoms with Gasteiger partial charge >= 0.3 is 5.97 Å². The van der Waals surface area contributed by atoms with Gasteiger partial charge in [-0.1, -0.05) is 0 Å². The summed E-state index contributed by atoms with van der Waals surface area (Å²) in [5, 5.41) is 12.9. The Hall–Kier alpha value is -2.57. The molecule has 0 aliphatic rings. The van der Waals surface area contributed by atoms with E-state index in [1.807, 2.05) is 13.8 Å². The van der Waals surface area contributed by atoms with Gasteiger partial charge in [-0.05, 0) is 19.9 Å². The first kappa shape index (κ1) is 12.9. The molecule has 0 amide bonds. The Kier molecular flexibility index (Phi) is 3.37. The fourth-order valence-corrected chi connectivity index (χ4v) is 1.44. The quantitative estimate of drug-likeness (QED) is 0.872. The van der Waals surface area contributed by atoms with E-state index >= 15 is 0 Å². The number of ether oxygens (including phenoxy) is 1. The van der Waals surface area contributed by atoms with Crippen molar-refractivity contribution in [2.75, 3.05) is 5.73 Å². The largest absolute Gasteiger partial charge is 0.478 e. The number of hydrogen-bond donors (Lipinski definition) is 2. The van der Waals surface area contributed by atoms with Gasteiger partial charge in [-0.3, -0.25) is 4.68 Å². The molecule has 0 fully saturated rings. The zero-order valence-corrected chi connectivity index (χ0v) is 10.6. The highest BCUT2D eigenvalue weighted by atomic mass is 16.5. The molecule has 2 rings (SSSR count). The zero-order valence-electron chi connectivity index (χ0n) is 10.6. The van der Waals surface area contributed by atoms with Crippen molar-refractivity contribution in [1.82, 2.24) is 14.8 Å². The maximum atomic E-state index is 10.8. The molecule has 0 radical (unpaired) electrons. The van der Waals surface area contributed by atoms with E-state index in [2.05, 4.69) is 10.1 Å². The second kappa shape index (κ2) is 4.97. The summed E-state index contributed by atoms with van der Waals surface area (Å²) >= 11 is 0. The van der Waals surface area contributed by atoms with Gasteiger partial charge in [-0.25, -0.2) is 9.78 Å². The van der Waals surface area contributed by atoms with Crippen LogP contribution >= 0.6 is 0 Å². The minimum atomic E-state index is -1.08. The zero-order chi connectivity index (χ0) is 14.0. The average Bonchev–Trinajstić information content (AvgIpc) is 2.80. The molecular weight excluding hydrogens is 248 g/mol. The summed E-state index contributed by atoms with van der Waals surface area (Å²) in [6, 6.07) is 1.52. The minimum Gasteiger partial charge on any atom is -0.478 e. The number of carboxylic acid groups (broad SMARTS) is 1. The number of carbonyl (C=O) groups is 1. The lowest BCUT2D eigenvalue weighted by molar-refractivity contribution is 0.0696. The summed E-state index contributed by atoms with van der Waals surface area (Å²) in [5.41, 5.74) is 5.88. The third-order valence-electron chi connectivity index (χ3n) is 2.45. The van der Waals surface area contributed by atoms with Crippen LogP contribution in [0.3, 0.4) is 0 Å². The normalized spacial score (nSPS) is 10.7.